The fraction of sp³-hybridized carbons (Fsp3) is 0.261. The first-order valence-corrected chi connectivity index (χ1v) is 11.8. The van der Waals surface area contributed by atoms with Crippen LogP contribution in [-0.4, -0.2) is 35.3 Å². The Hall–Kier alpha value is -2.45. The molecule has 0 N–H and O–H groups in total. The van der Waals surface area contributed by atoms with E-state index >= 15 is 0 Å². The number of anilines is 1. The molecule has 1 saturated heterocycles. The highest BCUT2D eigenvalue weighted by Gasteiger charge is 2.32. The van der Waals surface area contributed by atoms with Gasteiger partial charge in [0.1, 0.15) is 17.0 Å². The number of benzene rings is 2. The first-order chi connectivity index (χ1) is 15.5. The number of hydrogen-bond donors (Lipinski definition) is 0. The standard InChI is InChI=1S/C23H19Cl2N3O3S/c1-13-20(21(27-31-13)16-6-2-3-7-17(16)25)22(29)28(12-15-5-4-10-30-15)23-26-18-9-8-14(24)11-19(18)32-23/h2-3,6-9,11,15H,4-5,10,12H2,1H3/t15-/m1/s1. The first kappa shape index (κ1) is 21.4. The normalized spacial score (nSPS) is 16.0. The van der Waals surface area contributed by atoms with Gasteiger partial charge in [-0.25, -0.2) is 4.98 Å². The predicted molar refractivity (Wildman–Crippen MR) is 127 cm³/mol. The Kier molecular flexibility index (Phi) is 5.90. The minimum absolute atomic E-state index is 0.0570. The van der Waals surface area contributed by atoms with E-state index in [2.05, 4.69) is 5.16 Å². The van der Waals surface area contributed by atoms with Crippen LogP contribution in [0.5, 0.6) is 0 Å². The summed E-state index contributed by atoms with van der Waals surface area (Å²) in [4.78, 5) is 20.3. The summed E-state index contributed by atoms with van der Waals surface area (Å²) < 4.78 is 12.2. The third-order valence-corrected chi connectivity index (χ3v) is 7.04. The number of amides is 1. The van der Waals surface area contributed by atoms with Gasteiger partial charge >= 0.3 is 0 Å². The Morgan fingerprint density at radius 3 is 2.88 bits per heavy atom. The second-order valence-corrected chi connectivity index (χ2v) is 9.45. The molecule has 1 amide bonds. The SMILES string of the molecule is Cc1onc(-c2ccccc2Cl)c1C(=O)N(C[C@H]1CCCO1)c1nc2ccc(Cl)cc2s1. The molecular formula is C23H19Cl2N3O3S. The van der Waals surface area contributed by atoms with E-state index in [1.165, 1.54) is 11.3 Å². The van der Waals surface area contributed by atoms with Crippen LogP contribution >= 0.6 is 34.5 Å². The van der Waals surface area contributed by atoms with Gasteiger partial charge in [0.05, 0.1) is 27.9 Å². The Labute approximate surface area is 198 Å². The Balaban J connectivity index is 1.59. The van der Waals surface area contributed by atoms with E-state index in [-0.39, 0.29) is 12.0 Å². The van der Waals surface area contributed by atoms with Crippen molar-refractivity contribution in [3.63, 3.8) is 0 Å². The molecule has 32 heavy (non-hydrogen) atoms. The highest BCUT2D eigenvalue weighted by molar-refractivity contribution is 7.22. The van der Waals surface area contributed by atoms with Gasteiger partial charge in [-0.05, 0) is 44.0 Å². The topological polar surface area (TPSA) is 68.5 Å². The van der Waals surface area contributed by atoms with Crippen LogP contribution in [0.25, 0.3) is 21.5 Å². The van der Waals surface area contributed by atoms with Gasteiger partial charge in [-0.3, -0.25) is 9.69 Å². The third kappa shape index (κ3) is 4.01. The van der Waals surface area contributed by atoms with Crippen LogP contribution < -0.4 is 4.90 Å². The van der Waals surface area contributed by atoms with Gasteiger partial charge in [-0.2, -0.15) is 0 Å². The molecule has 3 heterocycles. The molecule has 1 aliphatic heterocycles. The van der Waals surface area contributed by atoms with Crippen molar-refractivity contribution in [2.45, 2.75) is 25.9 Å². The lowest BCUT2D eigenvalue weighted by atomic mass is 10.0. The number of carbonyl (C=O) groups is 1. The number of fused-ring (bicyclic) bond motifs is 1. The van der Waals surface area contributed by atoms with Crippen LogP contribution in [0.15, 0.2) is 47.0 Å². The molecule has 0 bridgehead atoms. The van der Waals surface area contributed by atoms with Crippen molar-refractivity contribution in [3.05, 3.63) is 63.8 Å². The molecule has 2 aromatic heterocycles. The lowest BCUT2D eigenvalue weighted by Gasteiger charge is -2.23. The van der Waals surface area contributed by atoms with Gasteiger partial charge in [0.2, 0.25) is 0 Å². The molecular weight excluding hydrogens is 469 g/mol. The summed E-state index contributed by atoms with van der Waals surface area (Å²) in [6, 6.07) is 12.8. The smallest absolute Gasteiger partial charge is 0.266 e. The zero-order chi connectivity index (χ0) is 22.2. The van der Waals surface area contributed by atoms with Crippen molar-refractivity contribution in [3.8, 4) is 11.3 Å². The van der Waals surface area contributed by atoms with E-state index in [9.17, 15) is 4.79 Å². The first-order valence-electron chi connectivity index (χ1n) is 10.2. The van der Waals surface area contributed by atoms with Crippen LogP contribution in [0, 0.1) is 6.92 Å². The van der Waals surface area contributed by atoms with Gasteiger partial charge in [-0.1, -0.05) is 57.9 Å². The molecule has 0 spiro atoms. The molecule has 164 valence electrons. The largest absolute Gasteiger partial charge is 0.376 e. The van der Waals surface area contributed by atoms with Crippen molar-refractivity contribution in [2.75, 3.05) is 18.1 Å². The summed E-state index contributed by atoms with van der Waals surface area (Å²) >= 11 is 14.0. The quantitative estimate of drug-likeness (QED) is 0.326. The predicted octanol–water partition coefficient (Wildman–Crippen LogP) is 6.39. The number of aromatic nitrogens is 2. The second kappa shape index (κ2) is 8.83. The zero-order valence-corrected chi connectivity index (χ0v) is 19.5. The molecule has 2 aromatic carbocycles. The maximum absolute atomic E-state index is 13.9. The van der Waals surface area contributed by atoms with Crippen molar-refractivity contribution < 1.29 is 14.1 Å². The van der Waals surface area contributed by atoms with E-state index in [0.29, 0.717) is 50.9 Å². The molecule has 0 radical (unpaired) electrons. The van der Waals surface area contributed by atoms with Crippen LogP contribution in [0.1, 0.15) is 29.0 Å². The van der Waals surface area contributed by atoms with Gasteiger partial charge in [0.15, 0.2) is 5.13 Å². The Morgan fingerprint density at radius 1 is 1.25 bits per heavy atom. The van der Waals surface area contributed by atoms with Crippen LogP contribution in [-0.2, 0) is 4.74 Å². The molecule has 1 fully saturated rings. The van der Waals surface area contributed by atoms with Crippen molar-refractivity contribution >= 4 is 55.8 Å². The number of thiazole rings is 1. The lowest BCUT2D eigenvalue weighted by Crippen LogP contribution is -2.37. The van der Waals surface area contributed by atoms with Gasteiger partial charge in [-0.15, -0.1) is 0 Å². The number of ether oxygens (including phenoxy) is 1. The van der Waals surface area contributed by atoms with Gasteiger partial charge < -0.3 is 9.26 Å². The molecule has 5 rings (SSSR count). The minimum Gasteiger partial charge on any atom is -0.376 e. The van der Waals surface area contributed by atoms with Crippen LogP contribution in [0.2, 0.25) is 10.0 Å². The minimum atomic E-state index is -0.251. The van der Waals surface area contributed by atoms with E-state index < -0.39 is 0 Å². The van der Waals surface area contributed by atoms with Crippen molar-refractivity contribution in [2.24, 2.45) is 0 Å². The summed E-state index contributed by atoms with van der Waals surface area (Å²) in [7, 11) is 0. The molecule has 6 nitrogen and oxygen atoms in total. The Bertz CT molecular complexity index is 1300. The van der Waals surface area contributed by atoms with E-state index in [4.69, 9.17) is 37.4 Å². The molecule has 4 aromatic rings. The molecule has 0 aliphatic carbocycles. The van der Waals surface area contributed by atoms with E-state index in [1.54, 1.807) is 24.0 Å². The monoisotopic (exact) mass is 487 g/mol. The van der Waals surface area contributed by atoms with Crippen LogP contribution in [0.4, 0.5) is 5.13 Å². The molecule has 1 atom stereocenters. The number of rotatable bonds is 5. The average molecular weight is 488 g/mol. The average Bonchev–Trinajstić information content (AvgIpc) is 3.51. The fourth-order valence-electron chi connectivity index (χ4n) is 3.84. The van der Waals surface area contributed by atoms with Crippen molar-refractivity contribution in [1.82, 2.24) is 10.1 Å². The number of nitrogens with zero attached hydrogens (tertiary/aromatic N) is 3. The summed E-state index contributed by atoms with van der Waals surface area (Å²) in [5.74, 6) is 0.172. The maximum Gasteiger partial charge on any atom is 0.266 e. The van der Waals surface area contributed by atoms with Crippen molar-refractivity contribution in [1.29, 1.82) is 0 Å². The Morgan fingerprint density at radius 2 is 2.09 bits per heavy atom. The second-order valence-electron chi connectivity index (χ2n) is 7.60. The third-order valence-electron chi connectivity index (χ3n) is 5.43. The summed E-state index contributed by atoms with van der Waals surface area (Å²) in [5.41, 5.74) is 2.21. The number of halogens is 2. The van der Waals surface area contributed by atoms with Gasteiger partial charge in [0.25, 0.3) is 5.91 Å². The number of aryl methyl sites for hydroxylation is 1. The summed E-state index contributed by atoms with van der Waals surface area (Å²) in [6.07, 6.45) is 1.80. The number of hydrogen-bond acceptors (Lipinski definition) is 6. The fourth-order valence-corrected chi connectivity index (χ4v) is 5.31. The molecule has 9 heteroatoms. The molecule has 0 unspecified atom stereocenters. The maximum atomic E-state index is 13.9. The molecule has 0 saturated carbocycles. The van der Waals surface area contributed by atoms with E-state index in [0.717, 1.165) is 23.1 Å². The summed E-state index contributed by atoms with van der Waals surface area (Å²) in [5, 5.41) is 5.86. The number of carbonyl (C=O) groups excluding carboxylic acids is 1. The highest BCUT2D eigenvalue weighted by Crippen LogP contribution is 2.36. The molecule has 1 aliphatic rings. The summed E-state index contributed by atoms with van der Waals surface area (Å²) in [6.45, 7) is 2.81. The van der Waals surface area contributed by atoms with Gasteiger partial charge in [0, 0.05) is 17.2 Å². The lowest BCUT2D eigenvalue weighted by molar-refractivity contribution is 0.0916. The highest BCUT2D eigenvalue weighted by atomic mass is 35.5. The van der Waals surface area contributed by atoms with E-state index in [1.807, 2.05) is 30.3 Å². The zero-order valence-electron chi connectivity index (χ0n) is 17.2. The van der Waals surface area contributed by atoms with Crippen LogP contribution in [0.3, 0.4) is 0 Å².